The van der Waals surface area contributed by atoms with Crippen molar-refractivity contribution < 1.29 is 18.7 Å². The van der Waals surface area contributed by atoms with Gasteiger partial charge in [-0.15, -0.1) is 0 Å². The first kappa shape index (κ1) is 14.9. The molecule has 1 unspecified atom stereocenters. The van der Waals surface area contributed by atoms with E-state index in [0.29, 0.717) is 13.2 Å². The molecule has 110 valence electrons. The van der Waals surface area contributed by atoms with Crippen LogP contribution in [0.3, 0.4) is 0 Å². The van der Waals surface area contributed by atoms with E-state index in [1.54, 1.807) is 6.07 Å². The number of nitrogens with zero attached hydrogens (tertiary/aromatic N) is 1. The van der Waals surface area contributed by atoms with Crippen LogP contribution in [0.2, 0.25) is 0 Å². The van der Waals surface area contributed by atoms with Crippen LogP contribution in [0.1, 0.15) is 29.3 Å². The Balaban J connectivity index is 2.03. The lowest BCUT2D eigenvalue weighted by Crippen LogP contribution is -2.41. The lowest BCUT2D eigenvalue weighted by Gasteiger charge is -2.32. The predicted molar refractivity (Wildman–Crippen MR) is 73.0 cm³/mol. The minimum Gasteiger partial charge on any atom is -0.465 e. The Morgan fingerprint density at radius 1 is 1.55 bits per heavy atom. The highest BCUT2D eigenvalue weighted by atomic mass is 19.1. The highest BCUT2D eigenvalue weighted by molar-refractivity contribution is 5.89. The SMILES string of the molecule is CCC1CN(Cc2ccc(C(=O)OC)c(F)c2)CCO1. The zero-order chi connectivity index (χ0) is 14.5. The summed E-state index contributed by atoms with van der Waals surface area (Å²) in [6.45, 7) is 5.17. The van der Waals surface area contributed by atoms with E-state index in [-0.39, 0.29) is 11.7 Å². The first-order valence-corrected chi connectivity index (χ1v) is 6.84. The lowest BCUT2D eigenvalue weighted by molar-refractivity contribution is -0.0324. The fourth-order valence-electron chi connectivity index (χ4n) is 2.36. The maximum atomic E-state index is 13.8. The van der Waals surface area contributed by atoms with Gasteiger partial charge >= 0.3 is 5.97 Å². The Labute approximate surface area is 118 Å². The number of ether oxygens (including phenoxy) is 2. The molecule has 5 heteroatoms. The van der Waals surface area contributed by atoms with Gasteiger partial charge in [0.05, 0.1) is 25.4 Å². The maximum absolute atomic E-state index is 13.8. The largest absolute Gasteiger partial charge is 0.465 e. The second-order valence-corrected chi connectivity index (χ2v) is 4.94. The van der Waals surface area contributed by atoms with Crippen molar-refractivity contribution in [1.82, 2.24) is 4.90 Å². The minimum absolute atomic E-state index is 0.0235. The Morgan fingerprint density at radius 3 is 3.00 bits per heavy atom. The van der Waals surface area contributed by atoms with Crippen molar-refractivity contribution in [2.24, 2.45) is 0 Å². The summed E-state index contributed by atoms with van der Waals surface area (Å²) in [7, 11) is 1.24. The summed E-state index contributed by atoms with van der Waals surface area (Å²) in [5, 5.41) is 0. The lowest BCUT2D eigenvalue weighted by atomic mass is 10.1. The molecule has 2 rings (SSSR count). The molecule has 1 aromatic rings. The highest BCUT2D eigenvalue weighted by Crippen LogP contribution is 2.16. The Hall–Kier alpha value is -1.46. The van der Waals surface area contributed by atoms with Crippen molar-refractivity contribution in [3.8, 4) is 0 Å². The number of hydrogen-bond donors (Lipinski definition) is 0. The molecular formula is C15H20FNO3. The molecule has 0 N–H and O–H groups in total. The van der Waals surface area contributed by atoms with Crippen molar-refractivity contribution in [3.63, 3.8) is 0 Å². The second kappa shape index (κ2) is 6.81. The van der Waals surface area contributed by atoms with Crippen LogP contribution < -0.4 is 0 Å². The number of benzene rings is 1. The molecule has 0 aliphatic carbocycles. The quantitative estimate of drug-likeness (QED) is 0.793. The molecule has 1 aliphatic rings. The van der Waals surface area contributed by atoms with Crippen LogP contribution in [0.15, 0.2) is 18.2 Å². The van der Waals surface area contributed by atoms with Crippen LogP contribution in [0.4, 0.5) is 4.39 Å². The first-order valence-electron chi connectivity index (χ1n) is 6.84. The second-order valence-electron chi connectivity index (χ2n) is 4.94. The average Bonchev–Trinajstić information content (AvgIpc) is 2.47. The Bertz CT molecular complexity index is 478. The Morgan fingerprint density at radius 2 is 2.35 bits per heavy atom. The van der Waals surface area contributed by atoms with Gasteiger partial charge < -0.3 is 9.47 Å². The van der Waals surface area contributed by atoms with E-state index in [0.717, 1.165) is 25.1 Å². The zero-order valence-corrected chi connectivity index (χ0v) is 11.9. The predicted octanol–water partition coefficient (Wildman–Crippen LogP) is 2.22. The average molecular weight is 281 g/mol. The minimum atomic E-state index is -0.647. The van der Waals surface area contributed by atoms with E-state index in [2.05, 4.69) is 16.6 Å². The van der Waals surface area contributed by atoms with Crippen LogP contribution >= 0.6 is 0 Å². The summed E-state index contributed by atoms with van der Waals surface area (Å²) in [5.74, 6) is -1.18. The van der Waals surface area contributed by atoms with Crippen molar-refractivity contribution in [2.45, 2.75) is 26.0 Å². The third kappa shape index (κ3) is 3.55. The van der Waals surface area contributed by atoms with Crippen molar-refractivity contribution >= 4 is 5.97 Å². The molecule has 1 fully saturated rings. The van der Waals surface area contributed by atoms with Gasteiger partial charge in [-0.3, -0.25) is 4.90 Å². The Kier molecular flexibility index (Phi) is 5.09. The number of hydrogen-bond acceptors (Lipinski definition) is 4. The maximum Gasteiger partial charge on any atom is 0.340 e. The van der Waals surface area contributed by atoms with Crippen molar-refractivity contribution in [1.29, 1.82) is 0 Å². The summed E-state index contributed by atoms with van der Waals surface area (Å²) >= 11 is 0. The molecule has 0 bridgehead atoms. The molecule has 1 aromatic carbocycles. The summed E-state index contributed by atoms with van der Waals surface area (Å²) in [5.41, 5.74) is 0.830. The van der Waals surface area contributed by atoms with E-state index < -0.39 is 11.8 Å². The van der Waals surface area contributed by atoms with Crippen molar-refractivity contribution in [3.05, 3.63) is 35.1 Å². The molecule has 1 aliphatic heterocycles. The number of morpholine rings is 1. The molecule has 4 nitrogen and oxygen atoms in total. The normalized spacial score (nSPS) is 19.9. The number of carbonyl (C=O) groups excluding carboxylic acids is 1. The standard InChI is InChI=1S/C15H20FNO3/c1-3-12-10-17(6-7-20-12)9-11-4-5-13(14(16)8-11)15(18)19-2/h4-5,8,12H,3,6-7,9-10H2,1-2H3. The van der Waals surface area contributed by atoms with Gasteiger partial charge in [0.15, 0.2) is 0 Å². The van der Waals surface area contributed by atoms with Crippen molar-refractivity contribution in [2.75, 3.05) is 26.8 Å². The van der Waals surface area contributed by atoms with Crippen LogP contribution in [-0.4, -0.2) is 43.8 Å². The number of methoxy groups -OCH3 is 1. The molecule has 0 amide bonds. The van der Waals surface area contributed by atoms with Gasteiger partial charge in [-0.25, -0.2) is 9.18 Å². The van der Waals surface area contributed by atoms with Crippen LogP contribution in [0, 0.1) is 5.82 Å². The first-order chi connectivity index (χ1) is 9.63. The molecule has 0 spiro atoms. The van der Waals surface area contributed by atoms with Gasteiger partial charge in [0.2, 0.25) is 0 Å². The van der Waals surface area contributed by atoms with E-state index in [9.17, 15) is 9.18 Å². The number of halogens is 1. The topological polar surface area (TPSA) is 38.8 Å². The van der Waals surface area contributed by atoms with Gasteiger partial charge in [0.25, 0.3) is 0 Å². The molecule has 0 radical (unpaired) electrons. The van der Waals surface area contributed by atoms with Crippen LogP contribution in [0.25, 0.3) is 0 Å². The zero-order valence-electron chi connectivity index (χ0n) is 11.9. The molecule has 1 saturated heterocycles. The fourth-order valence-corrected chi connectivity index (χ4v) is 2.36. The summed E-state index contributed by atoms with van der Waals surface area (Å²) < 4.78 is 24.0. The van der Waals surface area contributed by atoms with Crippen LogP contribution in [-0.2, 0) is 16.0 Å². The number of carbonyl (C=O) groups is 1. The molecule has 1 atom stereocenters. The van der Waals surface area contributed by atoms with Gasteiger partial charge in [-0.2, -0.15) is 0 Å². The number of rotatable bonds is 4. The molecule has 1 heterocycles. The van der Waals surface area contributed by atoms with E-state index in [1.165, 1.54) is 19.2 Å². The van der Waals surface area contributed by atoms with E-state index in [4.69, 9.17) is 4.74 Å². The summed E-state index contributed by atoms with van der Waals surface area (Å²) in [6.07, 6.45) is 1.23. The molecule has 0 saturated carbocycles. The molecular weight excluding hydrogens is 261 g/mol. The third-order valence-corrected chi connectivity index (χ3v) is 3.52. The van der Waals surface area contributed by atoms with Crippen LogP contribution in [0.5, 0.6) is 0 Å². The molecule has 20 heavy (non-hydrogen) atoms. The van der Waals surface area contributed by atoms with E-state index >= 15 is 0 Å². The fraction of sp³-hybridized carbons (Fsp3) is 0.533. The van der Waals surface area contributed by atoms with Gasteiger partial charge in [0.1, 0.15) is 5.82 Å². The summed E-state index contributed by atoms with van der Waals surface area (Å²) in [6, 6.07) is 4.66. The number of esters is 1. The summed E-state index contributed by atoms with van der Waals surface area (Å²) in [4.78, 5) is 13.6. The monoisotopic (exact) mass is 281 g/mol. The van der Waals surface area contributed by atoms with Gasteiger partial charge in [0, 0.05) is 19.6 Å². The highest BCUT2D eigenvalue weighted by Gasteiger charge is 2.19. The third-order valence-electron chi connectivity index (χ3n) is 3.52. The smallest absolute Gasteiger partial charge is 0.340 e. The molecule has 0 aromatic heterocycles. The van der Waals surface area contributed by atoms with Gasteiger partial charge in [-0.05, 0) is 24.1 Å². The van der Waals surface area contributed by atoms with Gasteiger partial charge in [-0.1, -0.05) is 13.0 Å². The van der Waals surface area contributed by atoms with E-state index in [1.807, 2.05) is 0 Å².